The summed E-state index contributed by atoms with van der Waals surface area (Å²) in [5.41, 5.74) is 4.97. The average Bonchev–Trinajstić information content (AvgIpc) is 3.28. The highest BCUT2D eigenvalue weighted by Crippen LogP contribution is 2.31. The van der Waals surface area contributed by atoms with Crippen LogP contribution in [0.3, 0.4) is 0 Å². The molecule has 3 aromatic rings. The van der Waals surface area contributed by atoms with E-state index in [-0.39, 0.29) is 5.69 Å². The lowest BCUT2D eigenvalue weighted by Gasteiger charge is -2.14. The maximum atomic E-state index is 12.6. The van der Waals surface area contributed by atoms with E-state index in [9.17, 15) is 4.79 Å². The lowest BCUT2D eigenvalue weighted by Crippen LogP contribution is -2.27. The Kier molecular flexibility index (Phi) is 4.77. The van der Waals surface area contributed by atoms with Crippen molar-refractivity contribution in [1.82, 2.24) is 9.55 Å². The van der Waals surface area contributed by atoms with Crippen LogP contribution in [-0.2, 0) is 25.1 Å². The number of aryl methyl sites for hydroxylation is 1. The molecule has 1 aliphatic rings. The number of thiophene rings is 1. The largest absolute Gasteiger partial charge is 0.349 e. The monoisotopic (exact) mass is 368 g/mol. The van der Waals surface area contributed by atoms with E-state index in [0.717, 1.165) is 30.0 Å². The smallest absolute Gasteiger partial charge is 0.291 e. The molecule has 0 amide bonds. The van der Waals surface area contributed by atoms with Gasteiger partial charge in [0.05, 0.1) is 6.54 Å². The predicted octanol–water partition coefficient (Wildman–Crippen LogP) is 4.44. The van der Waals surface area contributed by atoms with Crippen molar-refractivity contribution in [2.45, 2.75) is 43.5 Å². The molecule has 25 heavy (non-hydrogen) atoms. The first kappa shape index (κ1) is 16.6. The molecule has 0 bridgehead atoms. The number of fused-ring (bicyclic) bond motifs is 1. The van der Waals surface area contributed by atoms with E-state index in [0.29, 0.717) is 6.54 Å². The van der Waals surface area contributed by atoms with Crippen LogP contribution in [0.4, 0.5) is 0 Å². The number of thioether (sulfide) groups is 1. The van der Waals surface area contributed by atoms with Gasteiger partial charge in [0.2, 0.25) is 0 Å². The molecule has 1 aliphatic carbocycles. The van der Waals surface area contributed by atoms with Crippen LogP contribution in [0.5, 0.6) is 0 Å². The molecule has 128 valence electrons. The minimum absolute atomic E-state index is 0.110. The van der Waals surface area contributed by atoms with Gasteiger partial charge in [-0.25, -0.2) is 4.79 Å². The van der Waals surface area contributed by atoms with Crippen molar-refractivity contribution in [2.75, 3.05) is 0 Å². The molecule has 0 unspecified atom stereocenters. The van der Waals surface area contributed by atoms with Gasteiger partial charge in [0.1, 0.15) is 5.03 Å². The van der Waals surface area contributed by atoms with Gasteiger partial charge in [-0.1, -0.05) is 30.3 Å². The van der Waals surface area contributed by atoms with Crippen LogP contribution in [0, 0.1) is 6.92 Å². The summed E-state index contributed by atoms with van der Waals surface area (Å²) in [6.07, 6.45) is 3.13. The van der Waals surface area contributed by atoms with Gasteiger partial charge in [-0.05, 0) is 48.8 Å². The van der Waals surface area contributed by atoms with E-state index in [1.807, 2.05) is 10.6 Å². The highest BCUT2D eigenvalue weighted by Gasteiger charge is 2.22. The Hall–Kier alpha value is -1.85. The Labute approximate surface area is 155 Å². The summed E-state index contributed by atoms with van der Waals surface area (Å²) in [6.45, 7) is 2.78. The molecule has 4 rings (SSSR count). The summed E-state index contributed by atoms with van der Waals surface area (Å²) in [7, 11) is 0. The Bertz CT molecular complexity index is 945. The Morgan fingerprint density at radius 3 is 2.88 bits per heavy atom. The minimum Gasteiger partial charge on any atom is -0.291 e. The van der Waals surface area contributed by atoms with Gasteiger partial charge in [0, 0.05) is 21.9 Å². The van der Waals surface area contributed by atoms with Gasteiger partial charge in [0.15, 0.2) is 0 Å². The molecule has 0 atom stereocenters. The van der Waals surface area contributed by atoms with Crippen molar-refractivity contribution in [3.63, 3.8) is 0 Å². The third-order valence-corrected chi connectivity index (χ3v) is 6.65. The normalized spacial score (nSPS) is 13.2. The van der Waals surface area contributed by atoms with Crippen molar-refractivity contribution in [1.29, 1.82) is 0 Å². The third-order valence-electron chi connectivity index (χ3n) is 4.72. The molecular formula is C20H20N2OS2. The highest BCUT2D eigenvalue weighted by molar-refractivity contribution is 7.98. The molecule has 3 nitrogen and oxygen atoms in total. The highest BCUT2D eigenvalue weighted by atomic mass is 32.2. The second kappa shape index (κ2) is 7.18. The lowest BCUT2D eigenvalue weighted by atomic mass is 10.1. The van der Waals surface area contributed by atoms with Crippen molar-refractivity contribution in [2.24, 2.45) is 0 Å². The van der Waals surface area contributed by atoms with Crippen LogP contribution in [-0.4, -0.2) is 9.55 Å². The second-order valence-electron chi connectivity index (χ2n) is 6.36. The molecule has 2 heterocycles. The summed E-state index contributed by atoms with van der Waals surface area (Å²) in [5.74, 6) is 0.862. The van der Waals surface area contributed by atoms with Crippen LogP contribution in [0.15, 0.2) is 51.6 Å². The zero-order chi connectivity index (χ0) is 17.2. The van der Waals surface area contributed by atoms with Gasteiger partial charge in [0.25, 0.3) is 0 Å². The zero-order valence-electron chi connectivity index (χ0n) is 14.2. The Balaban J connectivity index is 1.64. The van der Waals surface area contributed by atoms with Crippen molar-refractivity contribution >= 4 is 23.1 Å². The van der Waals surface area contributed by atoms with Crippen molar-refractivity contribution < 1.29 is 0 Å². The fraction of sp³-hybridized carbons (Fsp3) is 0.300. The maximum Gasteiger partial charge on any atom is 0.349 e. The maximum absolute atomic E-state index is 12.6. The molecule has 0 N–H and O–H groups in total. The van der Waals surface area contributed by atoms with E-state index in [4.69, 9.17) is 0 Å². The molecule has 0 radical (unpaired) electrons. The lowest BCUT2D eigenvalue weighted by molar-refractivity contribution is 0.673. The number of hydrogen-bond acceptors (Lipinski definition) is 4. The number of hydrogen-bond donors (Lipinski definition) is 0. The topological polar surface area (TPSA) is 34.9 Å². The van der Waals surface area contributed by atoms with Crippen molar-refractivity contribution in [3.8, 4) is 0 Å². The van der Waals surface area contributed by atoms with Gasteiger partial charge in [-0.2, -0.15) is 4.98 Å². The van der Waals surface area contributed by atoms with Gasteiger partial charge in [-0.15, -0.1) is 23.1 Å². The molecule has 0 saturated carbocycles. The van der Waals surface area contributed by atoms with E-state index in [1.54, 1.807) is 23.1 Å². The number of nitrogens with zero attached hydrogens (tertiary/aromatic N) is 2. The molecule has 2 aromatic heterocycles. The van der Waals surface area contributed by atoms with Gasteiger partial charge >= 0.3 is 5.69 Å². The first-order chi connectivity index (χ1) is 12.2. The summed E-state index contributed by atoms with van der Waals surface area (Å²) >= 11 is 3.39. The molecule has 0 saturated heterocycles. The van der Waals surface area contributed by atoms with Gasteiger partial charge in [-0.3, -0.25) is 4.57 Å². The van der Waals surface area contributed by atoms with Crippen LogP contribution in [0.1, 0.15) is 33.7 Å². The molecule has 1 aromatic carbocycles. The summed E-state index contributed by atoms with van der Waals surface area (Å²) < 4.78 is 1.88. The molecule has 5 heteroatoms. The first-order valence-electron chi connectivity index (χ1n) is 8.54. The quantitative estimate of drug-likeness (QED) is 0.493. The predicted molar refractivity (Wildman–Crippen MR) is 105 cm³/mol. The van der Waals surface area contributed by atoms with Crippen LogP contribution < -0.4 is 5.69 Å². The van der Waals surface area contributed by atoms with Crippen LogP contribution in [0.25, 0.3) is 0 Å². The van der Waals surface area contributed by atoms with Crippen LogP contribution in [0.2, 0.25) is 0 Å². The molecule has 0 spiro atoms. The number of rotatable bonds is 5. The summed E-state index contributed by atoms with van der Waals surface area (Å²) in [6, 6.07) is 12.5. The average molecular weight is 369 g/mol. The molecular weight excluding hydrogens is 348 g/mol. The van der Waals surface area contributed by atoms with E-state index in [2.05, 4.69) is 47.6 Å². The Morgan fingerprint density at radius 2 is 2.08 bits per heavy atom. The van der Waals surface area contributed by atoms with E-state index >= 15 is 0 Å². The summed E-state index contributed by atoms with van der Waals surface area (Å²) in [5, 5.41) is 2.99. The van der Waals surface area contributed by atoms with E-state index in [1.165, 1.54) is 27.3 Å². The Morgan fingerprint density at radius 1 is 1.20 bits per heavy atom. The third kappa shape index (κ3) is 3.44. The number of aromatic nitrogens is 2. The summed E-state index contributed by atoms with van der Waals surface area (Å²) in [4.78, 5) is 18.3. The number of benzene rings is 1. The fourth-order valence-corrected chi connectivity index (χ4v) is 5.19. The zero-order valence-corrected chi connectivity index (χ0v) is 15.8. The SMILES string of the molecule is Cc1ccccc1CSc1nc(=O)n(Cc2cccs2)c2c1CCC2. The molecule has 0 aliphatic heterocycles. The van der Waals surface area contributed by atoms with Gasteiger partial charge < -0.3 is 0 Å². The van der Waals surface area contributed by atoms with E-state index < -0.39 is 0 Å². The van der Waals surface area contributed by atoms with Crippen molar-refractivity contribution in [3.05, 3.63) is 79.5 Å². The fourth-order valence-electron chi connectivity index (χ4n) is 3.35. The molecule has 0 fully saturated rings. The first-order valence-corrected chi connectivity index (χ1v) is 10.4. The standard InChI is InChI=1S/C20H20N2OS2/c1-14-6-2-3-7-15(14)13-25-19-17-9-4-10-18(17)22(20(23)21-19)12-16-8-5-11-24-16/h2-3,5-8,11H,4,9-10,12-13H2,1H3. The minimum atomic E-state index is -0.110. The van der Waals surface area contributed by atoms with Crippen LogP contribution >= 0.6 is 23.1 Å². The second-order valence-corrected chi connectivity index (χ2v) is 8.36.